The summed E-state index contributed by atoms with van der Waals surface area (Å²) in [4.78, 5) is 0. The molecule has 0 spiro atoms. The van der Waals surface area contributed by atoms with E-state index < -0.39 is 0 Å². The van der Waals surface area contributed by atoms with Crippen molar-refractivity contribution >= 4 is 11.7 Å². The number of aliphatic hydroxyl groups excluding tert-OH is 1. The Morgan fingerprint density at radius 3 is 2.65 bits per heavy atom. The van der Waals surface area contributed by atoms with Crippen molar-refractivity contribution in [1.82, 2.24) is 10.2 Å². The predicted molar refractivity (Wildman–Crippen MR) is 62.7 cm³/mol. The fourth-order valence-corrected chi connectivity index (χ4v) is 1.35. The van der Waals surface area contributed by atoms with Crippen LogP contribution in [0.3, 0.4) is 0 Å². The zero-order valence-electron chi connectivity index (χ0n) is 9.26. The molecule has 1 aromatic heterocycles. The van der Waals surface area contributed by atoms with Gasteiger partial charge in [-0.2, -0.15) is 0 Å². The number of hydrogen-bond donors (Lipinski definition) is 3. The molecule has 6 nitrogen and oxygen atoms in total. The molecule has 0 aliphatic carbocycles. The van der Waals surface area contributed by atoms with Gasteiger partial charge in [0.05, 0.1) is 6.61 Å². The molecule has 0 bridgehead atoms. The second-order valence-corrected chi connectivity index (χ2v) is 3.52. The summed E-state index contributed by atoms with van der Waals surface area (Å²) >= 11 is 0. The van der Waals surface area contributed by atoms with Crippen molar-refractivity contribution in [2.24, 2.45) is 5.73 Å². The van der Waals surface area contributed by atoms with Gasteiger partial charge in [-0.25, -0.2) is 0 Å². The first-order chi connectivity index (χ1) is 8.31. The molecule has 0 aliphatic heterocycles. The van der Waals surface area contributed by atoms with Gasteiger partial charge in [0.2, 0.25) is 5.89 Å². The van der Waals surface area contributed by atoms with Crippen molar-refractivity contribution in [2.75, 3.05) is 11.9 Å². The SMILES string of the molecule is NCCc1nnc(Nc2ccc(CO)cc2)o1. The maximum absolute atomic E-state index is 8.91. The number of hydrogen-bond acceptors (Lipinski definition) is 6. The van der Waals surface area contributed by atoms with E-state index in [2.05, 4.69) is 15.5 Å². The highest BCUT2D eigenvalue weighted by molar-refractivity contribution is 5.52. The molecule has 0 radical (unpaired) electrons. The van der Waals surface area contributed by atoms with E-state index in [1.54, 1.807) is 0 Å². The van der Waals surface area contributed by atoms with Crippen LogP contribution in [0.5, 0.6) is 0 Å². The van der Waals surface area contributed by atoms with E-state index >= 15 is 0 Å². The van der Waals surface area contributed by atoms with Crippen LogP contribution in [0.2, 0.25) is 0 Å². The van der Waals surface area contributed by atoms with Crippen molar-refractivity contribution in [2.45, 2.75) is 13.0 Å². The van der Waals surface area contributed by atoms with Crippen LogP contribution in [-0.2, 0) is 13.0 Å². The van der Waals surface area contributed by atoms with Gasteiger partial charge in [-0.3, -0.25) is 0 Å². The van der Waals surface area contributed by atoms with Crippen LogP contribution in [-0.4, -0.2) is 21.8 Å². The molecule has 0 aliphatic rings. The molecule has 0 saturated heterocycles. The molecular formula is C11H14N4O2. The summed E-state index contributed by atoms with van der Waals surface area (Å²) in [5, 5.41) is 19.6. The maximum Gasteiger partial charge on any atom is 0.320 e. The van der Waals surface area contributed by atoms with Crippen LogP contribution < -0.4 is 11.1 Å². The summed E-state index contributed by atoms with van der Waals surface area (Å²) in [5.41, 5.74) is 7.06. The number of aliphatic hydroxyl groups is 1. The summed E-state index contributed by atoms with van der Waals surface area (Å²) in [6.07, 6.45) is 0.568. The van der Waals surface area contributed by atoms with Gasteiger partial charge in [0.25, 0.3) is 0 Å². The molecule has 90 valence electrons. The Kier molecular flexibility index (Phi) is 3.69. The van der Waals surface area contributed by atoms with Crippen LogP contribution in [0.25, 0.3) is 0 Å². The predicted octanol–water partition coefficient (Wildman–Crippen LogP) is 0.807. The lowest BCUT2D eigenvalue weighted by Crippen LogP contribution is -2.02. The minimum absolute atomic E-state index is 0.0293. The molecule has 1 heterocycles. The smallest absolute Gasteiger partial charge is 0.320 e. The Labute approximate surface area is 98.5 Å². The van der Waals surface area contributed by atoms with Gasteiger partial charge in [-0.05, 0) is 17.7 Å². The third-order valence-corrected chi connectivity index (χ3v) is 2.21. The van der Waals surface area contributed by atoms with Gasteiger partial charge in [0.15, 0.2) is 0 Å². The summed E-state index contributed by atoms with van der Waals surface area (Å²) in [6.45, 7) is 0.508. The van der Waals surface area contributed by atoms with Crippen molar-refractivity contribution in [3.63, 3.8) is 0 Å². The lowest BCUT2D eigenvalue weighted by atomic mass is 10.2. The highest BCUT2D eigenvalue weighted by Crippen LogP contribution is 2.16. The highest BCUT2D eigenvalue weighted by Gasteiger charge is 2.04. The zero-order valence-corrected chi connectivity index (χ0v) is 9.26. The summed E-state index contributed by atoms with van der Waals surface area (Å²) in [6, 6.07) is 7.64. The fraction of sp³-hybridized carbons (Fsp3) is 0.273. The average Bonchev–Trinajstić information content (AvgIpc) is 2.78. The van der Waals surface area contributed by atoms with Gasteiger partial charge >= 0.3 is 6.01 Å². The van der Waals surface area contributed by atoms with Crippen LogP contribution in [0.4, 0.5) is 11.7 Å². The third kappa shape index (κ3) is 3.02. The molecule has 6 heteroatoms. The van der Waals surface area contributed by atoms with E-state index in [0.29, 0.717) is 24.9 Å². The normalized spacial score (nSPS) is 10.5. The minimum atomic E-state index is 0.0293. The first-order valence-corrected chi connectivity index (χ1v) is 5.31. The molecule has 2 aromatic rings. The second-order valence-electron chi connectivity index (χ2n) is 3.52. The second kappa shape index (κ2) is 5.42. The Bertz CT molecular complexity index is 467. The van der Waals surface area contributed by atoms with Crippen LogP contribution in [0.1, 0.15) is 11.5 Å². The number of anilines is 2. The molecule has 1 aromatic carbocycles. The molecular weight excluding hydrogens is 220 g/mol. The Balaban J connectivity index is 2.03. The number of nitrogens with one attached hydrogen (secondary N) is 1. The van der Waals surface area contributed by atoms with E-state index in [9.17, 15) is 0 Å². The molecule has 0 amide bonds. The van der Waals surface area contributed by atoms with Gasteiger partial charge in [0.1, 0.15) is 0 Å². The van der Waals surface area contributed by atoms with E-state index in [0.717, 1.165) is 11.3 Å². The average molecular weight is 234 g/mol. The summed E-state index contributed by atoms with van der Waals surface area (Å²) in [5.74, 6) is 0.516. The number of rotatable bonds is 5. The quantitative estimate of drug-likeness (QED) is 0.708. The van der Waals surface area contributed by atoms with Crippen LogP contribution in [0, 0.1) is 0 Å². The molecule has 2 rings (SSSR count). The summed E-state index contributed by atoms with van der Waals surface area (Å²) in [7, 11) is 0. The number of aromatic nitrogens is 2. The standard InChI is InChI=1S/C11H14N4O2/c12-6-5-10-14-15-11(17-10)13-9-3-1-8(7-16)2-4-9/h1-4,16H,5-7,12H2,(H,13,15). The number of nitrogens with two attached hydrogens (primary N) is 1. The third-order valence-electron chi connectivity index (χ3n) is 2.21. The molecule has 0 atom stereocenters. The van der Waals surface area contributed by atoms with Crippen molar-refractivity contribution in [1.29, 1.82) is 0 Å². The maximum atomic E-state index is 8.91. The van der Waals surface area contributed by atoms with E-state index in [-0.39, 0.29) is 6.61 Å². The van der Waals surface area contributed by atoms with Gasteiger partial charge in [-0.15, -0.1) is 5.10 Å². The number of nitrogens with zero attached hydrogens (tertiary/aromatic N) is 2. The summed E-state index contributed by atoms with van der Waals surface area (Å²) < 4.78 is 5.32. The minimum Gasteiger partial charge on any atom is -0.408 e. The topological polar surface area (TPSA) is 97.2 Å². The van der Waals surface area contributed by atoms with Crippen molar-refractivity contribution < 1.29 is 9.52 Å². The molecule has 0 saturated carbocycles. The lowest BCUT2D eigenvalue weighted by Gasteiger charge is -2.01. The van der Waals surface area contributed by atoms with Crippen LogP contribution in [0.15, 0.2) is 28.7 Å². The highest BCUT2D eigenvalue weighted by atomic mass is 16.4. The Morgan fingerprint density at radius 2 is 2.00 bits per heavy atom. The van der Waals surface area contributed by atoms with Gasteiger partial charge in [0, 0.05) is 18.7 Å². The van der Waals surface area contributed by atoms with Crippen LogP contribution >= 0.6 is 0 Å². The number of benzene rings is 1. The lowest BCUT2D eigenvalue weighted by molar-refractivity contribution is 0.282. The fourth-order valence-electron chi connectivity index (χ4n) is 1.35. The monoisotopic (exact) mass is 234 g/mol. The molecule has 17 heavy (non-hydrogen) atoms. The zero-order chi connectivity index (χ0) is 12.1. The van der Waals surface area contributed by atoms with Crippen molar-refractivity contribution in [3.8, 4) is 0 Å². The van der Waals surface area contributed by atoms with Crippen molar-refractivity contribution in [3.05, 3.63) is 35.7 Å². The van der Waals surface area contributed by atoms with E-state index in [4.69, 9.17) is 15.3 Å². The first-order valence-electron chi connectivity index (χ1n) is 5.31. The van der Waals surface area contributed by atoms with Gasteiger partial charge < -0.3 is 20.6 Å². The Hall–Kier alpha value is -1.92. The first kappa shape index (κ1) is 11.6. The molecule has 0 unspecified atom stereocenters. The largest absolute Gasteiger partial charge is 0.408 e. The van der Waals surface area contributed by atoms with E-state index in [1.165, 1.54) is 0 Å². The van der Waals surface area contributed by atoms with Gasteiger partial charge in [-0.1, -0.05) is 17.2 Å². The Morgan fingerprint density at radius 1 is 1.24 bits per heavy atom. The molecule has 0 fully saturated rings. The molecule has 4 N–H and O–H groups in total. The van der Waals surface area contributed by atoms with E-state index in [1.807, 2.05) is 24.3 Å².